The van der Waals surface area contributed by atoms with E-state index in [2.05, 4.69) is 46.9 Å². The van der Waals surface area contributed by atoms with E-state index >= 15 is 0 Å². The van der Waals surface area contributed by atoms with E-state index in [1.54, 1.807) is 11.1 Å². The van der Waals surface area contributed by atoms with Gasteiger partial charge in [0.15, 0.2) is 0 Å². The number of rotatable bonds is 3. The normalized spacial score (nSPS) is 18.9. The van der Waals surface area contributed by atoms with Gasteiger partial charge in [0.1, 0.15) is 5.82 Å². The molecule has 0 aromatic carbocycles. The number of nitrogens with zero attached hydrogens (tertiary/aromatic N) is 5. The molecule has 0 spiro atoms. The van der Waals surface area contributed by atoms with Gasteiger partial charge in [-0.25, -0.2) is 4.98 Å². The lowest BCUT2D eigenvalue weighted by Crippen LogP contribution is -2.26. The van der Waals surface area contributed by atoms with Crippen molar-refractivity contribution in [3.05, 3.63) is 31.7 Å². The van der Waals surface area contributed by atoms with Crippen molar-refractivity contribution in [2.45, 2.75) is 6.42 Å². The van der Waals surface area contributed by atoms with E-state index in [1.807, 2.05) is 6.07 Å². The molecule has 1 aliphatic heterocycles. The molecule has 1 amide bonds. The van der Waals surface area contributed by atoms with Gasteiger partial charge in [-0.1, -0.05) is 5.11 Å². The molecule has 2 heterocycles. The Morgan fingerprint density at radius 1 is 1.61 bits per heavy atom. The van der Waals surface area contributed by atoms with E-state index in [9.17, 15) is 4.79 Å². The van der Waals surface area contributed by atoms with Crippen LogP contribution in [0.5, 0.6) is 0 Å². The molecule has 0 bridgehead atoms. The van der Waals surface area contributed by atoms with E-state index in [0.29, 0.717) is 25.3 Å². The van der Waals surface area contributed by atoms with Gasteiger partial charge < -0.3 is 0 Å². The lowest BCUT2D eigenvalue weighted by Gasteiger charge is -2.16. The first-order valence-corrected chi connectivity index (χ1v) is 6.82. The first-order chi connectivity index (χ1) is 8.61. The van der Waals surface area contributed by atoms with E-state index in [4.69, 9.17) is 5.53 Å². The molecule has 18 heavy (non-hydrogen) atoms. The van der Waals surface area contributed by atoms with Crippen molar-refractivity contribution in [1.29, 1.82) is 0 Å². The summed E-state index contributed by atoms with van der Waals surface area (Å²) in [7, 11) is 0. The molecule has 8 heteroatoms. The zero-order valence-electron chi connectivity index (χ0n) is 9.25. The van der Waals surface area contributed by atoms with Gasteiger partial charge in [-0.3, -0.25) is 9.69 Å². The number of amides is 1. The van der Waals surface area contributed by atoms with Crippen LogP contribution in [0, 0.1) is 5.92 Å². The molecule has 2 rings (SSSR count). The Labute approximate surface area is 120 Å². The fourth-order valence-corrected chi connectivity index (χ4v) is 3.07. The molecule has 0 saturated carbocycles. The van der Waals surface area contributed by atoms with Gasteiger partial charge in [-0.2, -0.15) is 0 Å². The predicted octanol–water partition coefficient (Wildman–Crippen LogP) is 3.27. The van der Waals surface area contributed by atoms with Crippen LogP contribution in [0.2, 0.25) is 0 Å². The quantitative estimate of drug-likeness (QED) is 0.462. The van der Waals surface area contributed by atoms with Crippen molar-refractivity contribution < 1.29 is 4.79 Å². The number of hydrogen-bond acceptors (Lipinski definition) is 3. The van der Waals surface area contributed by atoms with Crippen LogP contribution in [0.25, 0.3) is 10.4 Å². The third-order valence-corrected chi connectivity index (χ3v) is 3.67. The highest BCUT2D eigenvalue weighted by Crippen LogP contribution is 2.31. The second-order valence-electron chi connectivity index (χ2n) is 3.95. The van der Waals surface area contributed by atoms with Crippen LogP contribution in [0.1, 0.15) is 6.42 Å². The van der Waals surface area contributed by atoms with Crippen molar-refractivity contribution in [3.8, 4) is 0 Å². The van der Waals surface area contributed by atoms with Crippen LogP contribution >= 0.6 is 31.9 Å². The first kappa shape index (κ1) is 13.3. The number of anilines is 1. The summed E-state index contributed by atoms with van der Waals surface area (Å²) in [5.41, 5.74) is 8.28. The van der Waals surface area contributed by atoms with Crippen molar-refractivity contribution >= 4 is 43.6 Å². The average Bonchev–Trinajstić information content (AvgIpc) is 2.68. The minimum absolute atomic E-state index is 0.00339. The smallest absolute Gasteiger partial charge is 0.228 e. The van der Waals surface area contributed by atoms with E-state index in [1.165, 1.54) is 0 Å². The summed E-state index contributed by atoms with van der Waals surface area (Å²) >= 11 is 6.70. The Hall–Kier alpha value is -1.11. The Balaban J connectivity index is 2.18. The summed E-state index contributed by atoms with van der Waals surface area (Å²) in [5.74, 6) is 0.668. The SMILES string of the molecule is [N-]=[N+]=NCC1CC(=O)N(c2ncc(Br)cc2Br)C1. The van der Waals surface area contributed by atoms with Gasteiger partial charge in [0.2, 0.25) is 5.91 Å². The van der Waals surface area contributed by atoms with Crippen LogP contribution in [0.15, 0.2) is 26.3 Å². The lowest BCUT2D eigenvalue weighted by atomic mass is 10.1. The fraction of sp³-hybridized carbons (Fsp3) is 0.400. The molecule has 0 N–H and O–H groups in total. The van der Waals surface area contributed by atoms with Crippen LogP contribution in [0.3, 0.4) is 0 Å². The van der Waals surface area contributed by atoms with Crippen LogP contribution in [0.4, 0.5) is 5.82 Å². The Kier molecular flexibility index (Phi) is 4.21. The van der Waals surface area contributed by atoms with E-state index < -0.39 is 0 Å². The average molecular weight is 375 g/mol. The zero-order valence-corrected chi connectivity index (χ0v) is 12.4. The van der Waals surface area contributed by atoms with Gasteiger partial charge >= 0.3 is 0 Å². The third kappa shape index (κ3) is 2.82. The molecule has 1 aromatic heterocycles. The van der Waals surface area contributed by atoms with E-state index in [0.717, 1.165) is 8.95 Å². The number of carbonyl (C=O) groups excluding carboxylic acids is 1. The summed E-state index contributed by atoms with van der Waals surface area (Å²) < 4.78 is 1.60. The highest BCUT2D eigenvalue weighted by Gasteiger charge is 2.31. The molecule has 0 radical (unpaired) electrons. The monoisotopic (exact) mass is 373 g/mol. The van der Waals surface area contributed by atoms with Crippen molar-refractivity contribution in [2.75, 3.05) is 18.0 Å². The number of carbonyl (C=O) groups is 1. The number of azide groups is 1. The van der Waals surface area contributed by atoms with E-state index in [-0.39, 0.29) is 11.8 Å². The highest BCUT2D eigenvalue weighted by molar-refractivity contribution is 9.11. The Morgan fingerprint density at radius 2 is 2.39 bits per heavy atom. The van der Waals surface area contributed by atoms with Crippen LogP contribution in [-0.2, 0) is 4.79 Å². The maximum atomic E-state index is 11.9. The molecular formula is C10H9Br2N5O. The maximum absolute atomic E-state index is 11.9. The summed E-state index contributed by atoms with van der Waals surface area (Å²) in [5, 5.41) is 3.51. The summed E-state index contributed by atoms with van der Waals surface area (Å²) in [6, 6.07) is 1.84. The molecule has 1 atom stereocenters. The second-order valence-corrected chi connectivity index (χ2v) is 5.72. The van der Waals surface area contributed by atoms with Gasteiger partial charge in [0.25, 0.3) is 0 Å². The molecular weight excluding hydrogens is 366 g/mol. The highest BCUT2D eigenvalue weighted by atomic mass is 79.9. The topological polar surface area (TPSA) is 82.0 Å². The minimum Gasteiger partial charge on any atom is -0.296 e. The van der Waals surface area contributed by atoms with Crippen LogP contribution in [-0.4, -0.2) is 24.0 Å². The minimum atomic E-state index is 0.00339. The van der Waals surface area contributed by atoms with Gasteiger partial charge in [-0.15, -0.1) is 0 Å². The maximum Gasteiger partial charge on any atom is 0.228 e. The third-order valence-electron chi connectivity index (χ3n) is 2.65. The summed E-state index contributed by atoms with van der Waals surface area (Å²) in [6.45, 7) is 0.873. The standard InChI is InChI=1S/C10H9Br2N5O/c11-7-2-8(12)10(14-4-7)17-5-6(1-9(17)18)3-15-16-13/h2,4,6H,1,3,5H2. The van der Waals surface area contributed by atoms with Gasteiger partial charge in [0.05, 0.1) is 4.47 Å². The number of pyridine rings is 1. The number of hydrogen-bond donors (Lipinski definition) is 0. The van der Waals surface area contributed by atoms with Crippen LogP contribution < -0.4 is 4.90 Å². The Morgan fingerprint density at radius 3 is 3.06 bits per heavy atom. The molecule has 1 fully saturated rings. The lowest BCUT2D eigenvalue weighted by molar-refractivity contribution is -0.117. The second kappa shape index (κ2) is 5.69. The zero-order chi connectivity index (χ0) is 13.1. The van der Waals surface area contributed by atoms with Gasteiger partial charge in [0, 0.05) is 35.1 Å². The largest absolute Gasteiger partial charge is 0.296 e. The van der Waals surface area contributed by atoms with Crippen molar-refractivity contribution in [1.82, 2.24) is 4.98 Å². The predicted molar refractivity (Wildman–Crippen MR) is 74.1 cm³/mol. The summed E-state index contributed by atoms with van der Waals surface area (Å²) in [4.78, 5) is 20.5. The van der Waals surface area contributed by atoms with Crippen molar-refractivity contribution in [2.24, 2.45) is 11.0 Å². The molecule has 94 valence electrons. The van der Waals surface area contributed by atoms with Crippen molar-refractivity contribution in [3.63, 3.8) is 0 Å². The molecule has 1 unspecified atom stereocenters. The Bertz CT molecular complexity index is 529. The molecule has 6 nitrogen and oxygen atoms in total. The molecule has 1 aromatic rings. The summed E-state index contributed by atoms with van der Waals surface area (Å²) in [6.07, 6.45) is 2.04. The first-order valence-electron chi connectivity index (χ1n) is 5.24. The molecule has 1 saturated heterocycles. The number of aromatic nitrogens is 1. The molecule has 1 aliphatic rings. The number of halogens is 2. The fourth-order valence-electron chi connectivity index (χ4n) is 1.87. The molecule has 0 aliphatic carbocycles. The van der Waals surface area contributed by atoms with Gasteiger partial charge in [-0.05, 0) is 49.4 Å².